The van der Waals surface area contributed by atoms with Crippen molar-refractivity contribution in [2.75, 3.05) is 14.2 Å². The number of rotatable bonds is 8. The van der Waals surface area contributed by atoms with Crippen LogP contribution in [0.3, 0.4) is 0 Å². The van der Waals surface area contributed by atoms with Crippen LogP contribution in [0.4, 0.5) is 0 Å². The molecule has 1 saturated carbocycles. The summed E-state index contributed by atoms with van der Waals surface area (Å²) in [6.07, 6.45) is 3.97. The monoisotopic (exact) mass is 557 g/mol. The molecule has 1 heterocycles. The molecule has 0 radical (unpaired) electrons. The van der Waals surface area contributed by atoms with Crippen LogP contribution in [0.2, 0.25) is 5.02 Å². The van der Waals surface area contributed by atoms with Crippen LogP contribution in [0.5, 0.6) is 11.5 Å². The molecule has 2 aromatic rings. The van der Waals surface area contributed by atoms with Crippen molar-refractivity contribution in [1.29, 1.82) is 0 Å². The first kappa shape index (κ1) is 29.2. The average molecular weight is 558 g/mol. The zero-order valence-corrected chi connectivity index (χ0v) is 24.2. The summed E-state index contributed by atoms with van der Waals surface area (Å²) in [4.78, 5) is 28.9. The van der Waals surface area contributed by atoms with Crippen molar-refractivity contribution in [3.8, 4) is 11.5 Å². The Morgan fingerprint density at radius 3 is 2.28 bits per heavy atom. The molecule has 2 aromatic carbocycles. The van der Waals surface area contributed by atoms with E-state index in [1.54, 1.807) is 31.3 Å². The van der Waals surface area contributed by atoms with E-state index in [-0.39, 0.29) is 18.4 Å². The number of nitrogens with zero attached hydrogens (tertiary/aromatic N) is 1. The molecule has 7 nitrogen and oxygen atoms in total. The van der Waals surface area contributed by atoms with Crippen molar-refractivity contribution in [2.24, 2.45) is 17.3 Å². The van der Waals surface area contributed by atoms with Gasteiger partial charge in [0.2, 0.25) is 5.91 Å². The number of halogens is 1. The van der Waals surface area contributed by atoms with Gasteiger partial charge in [-0.1, -0.05) is 75.9 Å². The van der Waals surface area contributed by atoms with Crippen molar-refractivity contribution in [3.05, 3.63) is 58.6 Å². The first-order valence-electron chi connectivity index (χ1n) is 13.7. The van der Waals surface area contributed by atoms with Gasteiger partial charge in [-0.3, -0.25) is 4.79 Å². The first-order chi connectivity index (χ1) is 18.6. The maximum atomic E-state index is 14.3. The fourth-order valence-electron chi connectivity index (χ4n) is 6.41. The average Bonchev–Trinajstić information content (AvgIpc) is 3.28. The largest absolute Gasteiger partial charge is 0.496 e. The predicted octanol–water partition coefficient (Wildman–Crippen LogP) is 6.52. The van der Waals surface area contributed by atoms with Crippen LogP contribution in [0.15, 0.2) is 42.5 Å². The number of benzene rings is 2. The van der Waals surface area contributed by atoms with E-state index in [0.29, 0.717) is 16.5 Å². The van der Waals surface area contributed by atoms with E-state index in [9.17, 15) is 14.7 Å². The second-order valence-corrected chi connectivity index (χ2v) is 12.1. The summed E-state index contributed by atoms with van der Waals surface area (Å²) in [5.74, 6) is -0.632. The highest BCUT2D eigenvalue weighted by molar-refractivity contribution is 6.30. The Kier molecular flexibility index (Phi) is 9.12. The standard InChI is InChI=1S/C31H40ClNO6/c1-31(2,3)25-27(30(35)36)33(29(34)19-11-7-6-8-12-19)26(22-13-9-10-14-23(22)37-4)28(25)39-18-20-15-16-21(32)17-24(20)38-5/h9-10,13-17,19,25-28H,6-8,11-12,18H2,1-5H3,(H,35,36). The highest BCUT2D eigenvalue weighted by Crippen LogP contribution is 2.52. The number of carbonyl (C=O) groups excluding carboxylic acids is 1. The first-order valence-corrected chi connectivity index (χ1v) is 14.1. The molecule has 4 unspecified atom stereocenters. The molecular formula is C31H40ClNO6. The molecule has 2 fully saturated rings. The van der Waals surface area contributed by atoms with Crippen LogP contribution in [0.1, 0.15) is 70.0 Å². The van der Waals surface area contributed by atoms with Crippen LogP contribution in [-0.4, -0.2) is 48.2 Å². The van der Waals surface area contributed by atoms with Crippen LogP contribution in [-0.2, 0) is 20.9 Å². The summed E-state index contributed by atoms with van der Waals surface area (Å²) in [7, 11) is 3.16. The number of carboxylic acid groups (broad SMARTS) is 1. The highest BCUT2D eigenvalue weighted by Gasteiger charge is 2.59. The number of carbonyl (C=O) groups is 2. The van der Waals surface area contributed by atoms with Crippen molar-refractivity contribution < 1.29 is 28.9 Å². The van der Waals surface area contributed by atoms with Crippen molar-refractivity contribution in [3.63, 3.8) is 0 Å². The number of hydrogen-bond acceptors (Lipinski definition) is 5. The lowest BCUT2D eigenvalue weighted by atomic mass is 9.73. The lowest BCUT2D eigenvalue weighted by molar-refractivity contribution is -0.154. The highest BCUT2D eigenvalue weighted by atomic mass is 35.5. The van der Waals surface area contributed by atoms with E-state index in [1.807, 2.05) is 51.1 Å². The number of methoxy groups -OCH3 is 2. The molecule has 39 heavy (non-hydrogen) atoms. The molecule has 0 bridgehead atoms. The molecule has 1 saturated heterocycles. The summed E-state index contributed by atoms with van der Waals surface area (Å²) >= 11 is 6.18. The van der Waals surface area contributed by atoms with Crippen molar-refractivity contribution in [1.82, 2.24) is 4.90 Å². The normalized spacial score (nSPS) is 24.0. The van der Waals surface area contributed by atoms with Gasteiger partial charge in [-0.05, 0) is 36.5 Å². The fourth-order valence-corrected chi connectivity index (χ4v) is 6.57. The predicted molar refractivity (Wildman–Crippen MR) is 150 cm³/mol. The molecule has 4 atom stereocenters. The number of para-hydroxylation sites is 1. The number of ether oxygens (including phenoxy) is 3. The van der Waals surface area contributed by atoms with Gasteiger partial charge >= 0.3 is 5.97 Å². The zero-order valence-electron chi connectivity index (χ0n) is 23.5. The topological polar surface area (TPSA) is 85.3 Å². The Morgan fingerprint density at radius 2 is 1.67 bits per heavy atom. The lowest BCUT2D eigenvalue weighted by Gasteiger charge is -2.35. The van der Waals surface area contributed by atoms with Gasteiger partial charge in [0.05, 0.1) is 33.0 Å². The van der Waals surface area contributed by atoms with Crippen LogP contribution >= 0.6 is 11.6 Å². The number of hydrogen-bond donors (Lipinski definition) is 1. The molecule has 2 aliphatic rings. The molecule has 4 rings (SSSR count). The molecule has 1 N–H and O–H groups in total. The van der Waals surface area contributed by atoms with E-state index in [0.717, 1.165) is 43.2 Å². The minimum atomic E-state index is -1.05. The van der Waals surface area contributed by atoms with Crippen LogP contribution < -0.4 is 9.47 Å². The van der Waals surface area contributed by atoms with Crippen LogP contribution in [0.25, 0.3) is 0 Å². The molecular weight excluding hydrogens is 518 g/mol. The van der Waals surface area contributed by atoms with Gasteiger partial charge in [-0.15, -0.1) is 0 Å². The van der Waals surface area contributed by atoms with Gasteiger partial charge in [-0.2, -0.15) is 0 Å². The third kappa shape index (κ3) is 6.04. The SMILES string of the molecule is COc1cc(Cl)ccc1COC1C(c2ccccc2OC)N(C(=O)C2CCCCC2)C(C(=O)O)C1C(C)(C)C. The van der Waals surface area contributed by atoms with E-state index in [2.05, 4.69) is 0 Å². The van der Waals surface area contributed by atoms with Gasteiger partial charge in [-0.25, -0.2) is 4.79 Å². The molecule has 8 heteroatoms. The van der Waals surface area contributed by atoms with E-state index >= 15 is 0 Å². The second kappa shape index (κ2) is 12.2. The number of aliphatic carboxylic acids is 1. The van der Waals surface area contributed by atoms with E-state index < -0.39 is 35.5 Å². The van der Waals surface area contributed by atoms with Gasteiger partial charge in [0.25, 0.3) is 0 Å². The summed E-state index contributed by atoms with van der Waals surface area (Å²) in [6.45, 7) is 6.21. The van der Waals surface area contributed by atoms with Gasteiger partial charge in [0, 0.05) is 28.0 Å². The maximum absolute atomic E-state index is 14.3. The molecule has 212 valence electrons. The summed E-state index contributed by atoms with van der Waals surface area (Å²) in [6, 6.07) is 11.2. The third-order valence-electron chi connectivity index (χ3n) is 8.20. The quantitative estimate of drug-likeness (QED) is 0.397. The molecule has 1 aliphatic carbocycles. The maximum Gasteiger partial charge on any atom is 0.326 e. The molecule has 1 amide bonds. The summed E-state index contributed by atoms with van der Waals surface area (Å²) < 4.78 is 18.0. The van der Waals surface area contributed by atoms with E-state index in [1.165, 1.54) is 0 Å². The molecule has 1 aliphatic heterocycles. The zero-order chi connectivity index (χ0) is 28.3. The summed E-state index contributed by atoms with van der Waals surface area (Å²) in [5, 5.41) is 11.2. The number of likely N-dealkylation sites (tertiary alicyclic amines) is 1. The molecule has 0 spiro atoms. The second-order valence-electron chi connectivity index (χ2n) is 11.7. The minimum Gasteiger partial charge on any atom is -0.496 e. The van der Waals surface area contributed by atoms with Crippen molar-refractivity contribution in [2.45, 2.75) is 77.7 Å². The Balaban J connectivity index is 1.85. The van der Waals surface area contributed by atoms with Gasteiger partial charge in [0.15, 0.2) is 0 Å². The van der Waals surface area contributed by atoms with Crippen molar-refractivity contribution >= 4 is 23.5 Å². The van der Waals surface area contributed by atoms with Gasteiger partial charge < -0.3 is 24.2 Å². The fraction of sp³-hybridized carbons (Fsp3) is 0.548. The molecule has 0 aromatic heterocycles. The lowest BCUT2D eigenvalue weighted by Crippen LogP contribution is -2.49. The minimum absolute atomic E-state index is 0.109. The summed E-state index contributed by atoms with van der Waals surface area (Å²) in [5.41, 5.74) is 1.05. The Labute approximate surface area is 236 Å². The smallest absolute Gasteiger partial charge is 0.326 e. The Morgan fingerprint density at radius 1 is 1.00 bits per heavy atom. The third-order valence-corrected chi connectivity index (χ3v) is 8.44. The van der Waals surface area contributed by atoms with Crippen LogP contribution in [0, 0.1) is 17.3 Å². The van der Waals surface area contributed by atoms with Gasteiger partial charge in [0.1, 0.15) is 17.5 Å². The van der Waals surface area contributed by atoms with E-state index in [4.69, 9.17) is 25.8 Å². The Hall–Kier alpha value is -2.77. The Bertz CT molecular complexity index is 1170. The number of amides is 1. The number of carboxylic acids is 1.